The molecule has 2 heterocycles. The molecule has 0 N–H and O–H groups in total. The lowest BCUT2D eigenvalue weighted by molar-refractivity contribution is 0.409. The predicted molar refractivity (Wildman–Crippen MR) is 102 cm³/mol. The minimum Gasteiger partial charge on any atom is -0.497 e. The van der Waals surface area contributed by atoms with Gasteiger partial charge in [0.25, 0.3) is 0 Å². The van der Waals surface area contributed by atoms with E-state index >= 15 is 0 Å². The number of ether oxygens (including phenoxy) is 1. The smallest absolute Gasteiger partial charge is 0.147 e. The van der Waals surface area contributed by atoms with Crippen LogP contribution in [0.15, 0.2) is 29.0 Å². The second-order valence-corrected chi connectivity index (χ2v) is 7.95. The van der Waals surface area contributed by atoms with Crippen molar-refractivity contribution in [3.63, 3.8) is 0 Å². The maximum atomic E-state index is 6.79. The Morgan fingerprint density at radius 3 is 2.50 bits per heavy atom. The summed E-state index contributed by atoms with van der Waals surface area (Å²) in [6.45, 7) is 6.20. The van der Waals surface area contributed by atoms with Crippen molar-refractivity contribution < 1.29 is 4.74 Å². The number of aromatic nitrogens is 3. The zero-order chi connectivity index (χ0) is 17.6. The second kappa shape index (κ2) is 6.21. The molecule has 0 aliphatic rings. The maximum Gasteiger partial charge on any atom is 0.147 e. The summed E-state index contributed by atoms with van der Waals surface area (Å²) < 4.78 is 8.21. The van der Waals surface area contributed by atoms with Gasteiger partial charge in [-0.15, -0.1) is 0 Å². The molecule has 126 valence electrons. The highest BCUT2D eigenvalue weighted by molar-refractivity contribution is 9.10. The highest BCUT2D eigenvalue weighted by Crippen LogP contribution is 2.45. The summed E-state index contributed by atoms with van der Waals surface area (Å²) in [4.78, 5) is 8.56. The molecule has 0 radical (unpaired) electrons. The molecule has 2 aromatic heterocycles. The summed E-state index contributed by atoms with van der Waals surface area (Å²) >= 11 is 16.8. The molecule has 3 rings (SSSR count). The third kappa shape index (κ3) is 2.79. The van der Waals surface area contributed by atoms with Crippen LogP contribution in [0.2, 0.25) is 10.3 Å². The molecule has 0 unspecified atom stereocenters. The van der Waals surface area contributed by atoms with Gasteiger partial charge in [-0.1, -0.05) is 39.1 Å². The maximum absolute atomic E-state index is 6.79. The molecule has 24 heavy (non-hydrogen) atoms. The van der Waals surface area contributed by atoms with Gasteiger partial charge in [0.2, 0.25) is 0 Å². The average Bonchev–Trinajstić information content (AvgIpc) is 2.81. The van der Waals surface area contributed by atoms with Crippen LogP contribution in [0, 0.1) is 0 Å². The molecule has 1 aromatic carbocycles. The fraction of sp³-hybridized carbons (Fsp3) is 0.294. The average molecular weight is 429 g/mol. The Balaban J connectivity index is 2.48. The predicted octanol–water partition coefficient (Wildman–Crippen LogP) is 5.93. The SMILES string of the molecule is COc1ccc(Br)c(-c2c(Cl)n(C(C)(C)C)c3ncnc(Cl)c23)c1. The van der Waals surface area contributed by atoms with Crippen molar-refractivity contribution in [3.8, 4) is 16.9 Å². The summed E-state index contributed by atoms with van der Waals surface area (Å²) in [6, 6.07) is 5.71. The van der Waals surface area contributed by atoms with Crippen LogP contribution < -0.4 is 4.74 Å². The van der Waals surface area contributed by atoms with E-state index in [9.17, 15) is 0 Å². The highest BCUT2D eigenvalue weighted by Gasteiger charge is 2.28. The third-order valence-corrected chi connectivity index (χ3v) is 5.10. The van der Waals surface area contributed by atoms with Crippen molar-refractivity contribution >= 4 is 50.2 Å². The zero-order valence-corrected chi connectivity index (χ0v) is 16.8. The van der Waals surface area contributed by atoms with Crippen molar-refractivity contribution in [1.29, 1.82) is 0 Å². The van der Waals surface area contributed by atoms with E-state index in [1.165, 1.54) is 6.33 Å². The monoisotopic (exact) mass is 427 g/mol. The summed E-state index contributed by atoms with van der Waals surface area (Å²) in [5.41, 5.74) is 2.11. The van der Waals surface area contributed by atoms with Crippen molar-refractivity contribution in [1.82, 2.24) is 14.5 Å². The number of halogens is 3. The summed E-state index contributed by atoms with van der Waals surface area (Å²) in [6.07, 6.45) is 1.45. The molecule has 0 amide bonds. The lowest BCUT2D eigenvalue weighted by atomic mass is 10.1. The van der Waals surface area contributed by atoms with Crippen LogP contribution in [0.3, 0.4) is 0 Å². The second-order valence-electron chi connectivity index (χ2n) is 6.38. The van der Waals surface area contributed by atoms with Gasteiger partial charge in [0.05, 0.1) is 12.5 Å². The lowest BCUT2D eigenvalue weighted by Crippen LogP contribution is -2.22. The number of hydrogen-bond acceptors (Lipinski definition) is 3. The molecule has 0 aliphatic carbocycles. The van der Waals surface area contributed by atoms with Gasteiger partial charge < -0.3 is 9.30 Å². The van der Waals surface area contributed by atoms with Crippen molar-refractivity contribution in [3.05, 3.63) is 39.3 Å². The van der Waals surface area contributed by atoms with Crippen LogP contribution in [0.4, 0.5) is 0 Å². The lowest BCUT2D eigenvalue weighted by Gasteiger charge is -2.23. The van der Waals surface area contributed by atoms with E-state index in [1.807, 2.05) is 22.8 Å². The Morgan fingerprint density at radius 2 is 1.88 bits per heavy atom. The van der Waals surface area contributed by atoms with E-state index in [0.29, 0.717) is 16.0 Å². The van der Waals surface area contributed by atoms with Crippen molar-refractivity contribution in [2.75, 3.05) is 7.11 Å². The fourth-order valence-corrected chi connectivity index (χ4v) is 3.93. The first-order valence-electron chi connectivity index (χ1n) is 7.30. The van der Waals surface area contributed by atoms with Crippen LogP contribution >= 0.6 is 39.1 Å². The molecule has 7 heteroatoms. The first kappa shape index (κ1) is 17.5. The van der Waals surface area contributed by atoms with Crippen LogP contribution in [0.5, 0.6) is 5.75 Å². The Hall–Kier alpha value is -1.30. The van der Waals surface area contributed by atoms with Gasteiger partial charge in [-0.2, -0.15) is 0 Å². The molecule has 0 saturated carbocycles. The Bertz CT molecular complexity index is 932. The fourth-order valence-electron chi connectivity index (χ4n) is 2.73. The zero-order valence-electron chi connectivity index (χ0n) is 13.7. The van der Waals surface area contributed by atoms with Gasteiger partial charge in [0.15, 0.2) is 0 Å². The van der Waals surface area contributed by atoms with Gasteiger partial charge in [0.1, 0.15) is 28.0 Å². The molecule has 3 aromatic rings. The molecule has 0 atom stereocenters. The summed E-state index contributed by atoms with van der Waals surface area (Å²) in [5.74, 6) is 0.730. The number of rotatable bonds is 2. The molecular weight excluding hydrogens is 413 g/mol. The van der Waals surface area contributed by atoms with Gasteiger partial charge >= 0.3 is 0 Å². The number of nitrogens with zero attached hydrogens (tertiary/aromatic N) is 3. The minimum atomic E-state index is -0.267. The summed E-state index contributed by atoms with van der Waals surface area (Å²) in [7, 11) is 1.63. The molecule has 0 fully saturated rings. The minimum absolute atomic E-state index is 0.267. The first-order valence-corrected chi connectivity index (χ1v) is 8.85. The molecule has 0 saturated heterocycles. The van der Waals surface area contributed by atoms with E-state index in [2.05, 4.69) is 46.7 Å². The van der Waals surface area contributed by atoms with Gasteiger partial charge in [0, 0.05) is 21.1 Å². The Morgan fingerprint density at radius 1 is 1.17 bits per heavy atom. The van der Waals surface area contributed by atoms with E-state index in [1.54, 1.807) is 7.11 Å². The van der Waals surface area contributed by atoms with Crippen LogP contribution in [-0.4, -0.2) is 21.6 Å². The number of methoxy groups -OCH3 is 1. The van der Waals surface area contributed by atoms with Crippen LogP contribution in [0.25, 0.3) is 22.2 Å². The van der Waals surface area contributed by atoms with Crippen molar-refractivity contribution in [2.45, 2.75) is 26.3 Å². The van der Waals surface area contributed by atoms with Crippen LogP contribution in [-0.2, 0) is 5.54 Å². The van der Waals surface area contributed by atoms with E-state index in [-0.39, 0.29) is 5.54 Å². The van der Waals surface area contributed by atoms with Gasteiger partial charge in [-0.3, -0.25) is 0 Å². The van der Waals surface area contributed by atoms with E-state index in [4.69, 9.17) is 27.9 Å². The number of hydrogen-bond donors (Lipinski definition) is 0. The van der Waals surface area contributed by atoms with Crippen LogP contribution in [0.1, 0.15) is 20.8 Å². The molecular formula is C17H16BrCl2N3O. The molecule has 4 nitrogen and oxygen atoms in total. The van der Waals surface area contributed by atoms with E-state index in [0.717, 1.165) is 26.7 Å². The largest absolute Gasteiger partial charge is 0.497 e. The van der Waals surface area contributed by atoms with Gasteiger partial charge in [-0.05, 0) is 39.0 Å². The summed E-state index contributed by atoms with van der Waals surface area (Å²) in [5, 5.41) is 1.66. The highest BCUT2D eigenvalue weighted by atomic mass is 79.9. The standard InChI is InChI=1S/C17H16BrCl2N3O/c1-17(2,3)23-15(20)12(13-14(19)21-8-22-16(13)23)10-7-9(24-4)5-6-11(10)18/h5-8H,1-4H3. The number of benzene rings is 1. The number of fused-ring (bicyclic) bond motifs is 1. The topological polar surface area (TPSA) is 39.9 Å². The third-order valence-electron chi connectivity index (χ3n) is 3.76. The van der Waals surface area contributed by atoms with Crippen molar-refractivity contribution in [2.24, 2.45) is 0 Å². The van der Waals surface area contributed by atoms with E-state index < -0.39 is 0 Å². The van der Waals surface area contributed by atoms with Gasteiger partial charge in [-0.25, -0.2) is 9.97 Å². The first-order chi connectivity index (χ1) is 11.3. The Kier molecular flexibility index (Phi) is 4.53. The Labute approximate surface area is 158 Å². The molecule has 0 bridgehead atoms. The molecule has 0 aliphatic heterocycles. The normalized spacial score (nSPS) is 12.0. The molecule has 0 spiro atoms. The quantitative estimate of drug-likeness (QED) is 0.474.